The van der Waals surface area contributed by atoms with Crippen LogP contribution >= 0.6 is 0 Å². The third kappa shape index (κ3) is 6.14. The lowest BCUT2D eigenvalue weighted by Crippen LogP contribution is -2.41. The van der Waals surface area contributed by atoms with Crippen LogP contribution in [0.15, 0.2) is 43.0 Å². The molecule has 0 saturated carbocycles. The molecule has 142 valence electrons. The highest BCUT2D eigenvalue weighted by atomic mass is 16.5. The fourth-order valence-corrected chi connectivity index (χ4v) is 3.11. The van der Waals surface area contributed by atoms with Crippen molar-refractivity contribution in [2.45, 2.75) is 32.4 Å². The molecule has 2 aromatic rings. The molecule has 0 bridgehead atoms. The first kappa shape index (κ1) is 19.0. The minimum Gasteiger partial charge on any atom is -0.463 e. The van der Waals surface area contributed by atoms with Crippen molar-refractivity contribution in [1.82, 2.24) is 19.9 Å². The van der Waals surface area contributed by atoms with Crippen LogP contribution < -0.4 is 5.32 Å². The number of hydrogen-bond donors (Lipinski definition) is 1. The lowest BCUT2D eigenvalue weighted by Gasteiger charge is -2.33. The lowest BCUT2D eigenvalue weighted by molar-refractivity contribution is -0.137. The topological polar surface area (TPSA) is 80.2 Å². The van der Waals surface area contributed by atoms with Gasteiger partial charge in [-0.05, 0) is 50.1 Å². The van der Waals surface area contributed by atoms with Gasteiger partial charge in [-0.15, -0.1) is 0 Å². The van der Waals surface area contributed by atoms with Crippen LogP contribution in [0.25, 0.3) is 6.08 Å². The van der Waals surface area contributed by atoms with Crippen LogP contribution in [-0.4, -0.2) is 51.6 Å². The van der Waals surface area contributed by atoms with Gasteiger partial charge in [0.1, 0.15) is 5.82 Å². The second-order valence-electron chi connectivity index (χ2n) is 6.49. The quantitative estimate of drug-likeness (QED) is 0.595. The first-order valence-corrected chi connectivity index (χ1v) is 9.27. The second-order valence-corrected chi connectivity index (χ2v) is 6.49. The number of nitrogens with one attached hydrogen (secondary N) is 1. The molecule has 7 heteroatoms. The van der Waals surface area contributed by atoms with E-state index in [1.165, 1.54) is 11.6 Å². The lowest BCUT2D eigenvalue weighted by atomic mass is 10.0. The molecule has 1 N–H and O–H groups in total. The Labute approximate surface area is 159 Å². The third-order valence-corrected chi connectivity index (χ3v) is 4.36. The molecule has 0 unspecified atom stereocenters. The van der Waals surface area contributed by atoms with Crippen LogP contribution in [0.3, 0.4) is 0 Å². The highest BCUT2D eigenvalue weighted by molar-refractivity contribution is 5.86. The van der Waals surface area contributed by atoms with E-state index >= 15 is 0 Å². The van der Waals surface area contributed by atoms with E-state index < -0.39 is 0 Å². The number of carbonyl (C=O) groups excluding carboxylic acids is 1. The highest BCUT2D eigenvalue weighted by Gasteiger charge is 2.20. The van der Waals surface area contributed by atoms with Gasteiger partial charge >= 0.3 is 5.97 Å². The maximum atomic E-state index is 11.3. The number of carbonyl (C=O) groups is 1. The van der Waals surface area contributed by atoms with Gasteiger partial charge < -0.3 is 10.1 Å². The van der Waals surface area contributed by atoms with Gasteiger partial charge in [-0.1, -0.05) is 0 Å². The third-order valence-electron chi connectivity index (χ3n) is 4.36. The number of likely N-dealkylation sites (tertiary alicyclic amines) is 1. The van der Waals surface area contributed by atoms with Gasteiger partial charge in [0, 0.05) is 37.6 Å². The van der Waals surface area contributed by atoms with Gasteiger partial charge in [0.05, 0.1) is 24.7 Å². The molecule has 1 atom stereocenters. The fourth-order valence-electron chi connectivity index (χ4n) is 3.11. The Kier molecular flexibility index (Phi) is 6.87. The summed E-state index contributed by atoms with van der Waals surface area (Å²) >= 11 is 0. The minimum absolute atomic E-state index is 0.343. The van der Waals surface area contributed by atoms with Crippen molar-refractivity contribution in [2.75, 3.05) is 25.0 Å². The molecule has 0 aliphatic carbocycles. The number of piperidine rings is 1. The largest absolute Gasteiger partial charge is 0.463 e. The molecule has 3 rings (SSSR count). The van der Waals surface area contributed by atoms with Crippen molar-refractivity contribution in [1.29, 1.82) is 0 Å². The van der Waals surface area contributed by atoms with E-state index in [0.29, 0.717) is 18.3 Å². The van der Waals surface area contributed by atoms with Gasteiger partial charge in [0.2, 0.25) is 0 Å². The van der Waals surface area contributed by atoms with Gasteiger partial charge in [0.15, 0.2) is 0 Å². The molecular weight excluding hydrogens is 342 g/mol. The Morgan fingerprint density at radius 1 is 1.33 bits per heavy atom. The molecule has 3 heterocycles. The van der Waals surface area contributed by atoms with Crippen molar-refractivity contribution in [2.24, 2.45) is 0 Å². The molecule has 1 saturated heterocycles. The Morgan fingerprint density at radius 2 is 2.19 bits per heavy atom. The Morgan fingerprint density at radius 3 is 2.93 bits per heavy atom. The normalized spacial score (nSPS) is 17.7. The molecule has 1 fully saturated rings. The number of aromatic nitrogens is 3. The smallest absolute Gasteiger partial charge is 0.330 e. The summed E-state index contributed by atoms with van der Waals surface area (Å²) in [4.78, 5) is 26.6. The number of nitrogens with zero attached hydrogens (tertiary/aromatic N) is 4. The van der Waals surface area contributed by atoms with Gasteiger partial charge in [-0.3, -0.25) is 14.9 Å². The minimum atomic E-state index is -0.377. The Bertz CT molecular complexity index is 749. The average molecular weight is 367 g/mol. The van der Waals surface area contributed by atoms with Crippen LogP contribution in [-0.2, 0) is 16.1 Å². The fraction of sp³-hybridized carbons (Fsp3) is 0.400. The molecule has 0 aromatic carbocycles. The van der Waals surface area contributed by atoms with Crippen LogP contribution in [0.4, 0.5) is 5.82 Å². The molecule has 7 nitrogen and oxygen atoms in total. The number of rotatable bonds is 7. The number of anilines is 1. The predicted molar refractivity (Wildman–Crippen MR) is 104 cm³/mol. The van der Waals surface area contributed by atoms with Crippen LogP contribution in [0.1, 0.15) is 31.0 Å². The number of ether oxygens (including phenoxy) is 1. The van der Waals surface area contributed by atoms with Gasteiger partial charge in [-0.25, -0.2) is 9.78 Å². The van der Waals surface area contributed by atoms with E-state index in [9.17, 15) is 4.79 Å². The summed E-state index contributed by atoms with van der Waals surface area (Å²) in [6.45, 7) is 5.13. The van der Waals surface area contributed by atoms with Crippen LogP contribution in [0.5, 0.6) is 0 Å². The molecule has 27 heavy (non-hydrogen) atoms. The van der Waals surface area contributed by atoms with Crippen molar-refractivity contribution in [3.8, 4) is 0 Å². The van der Waals surface area contributed by atoms with E-state index in [-0.39, 0.29) is 5.97 Å². The summed E-state index contributed by atoms with van der Waals surface area (Å²) in [6.07, 6.45) is 12.2. The molecule has 0 radical (unpaired) electrons. The van der Waals surface area contributed by atoms with Crippen LogP contribution in [0.2, 0.25) is 0 Å². The summed E-state index contributed by atoms with van der Waals surface area (Å²) in [5.74, 6) is 0.372. The highest BCUT2D eigenvalue weighted by Crippen LogP contribution is 2.16. The predicted octanol–water partition coefficient (Wildman–Crippen LogP) is 2.52. The zero-order chi connectivity index (χ0) is 18.9. The Balaban J connectivity index is 1.51. The van der Waals surface area contributed by atoms with E-state index in [1.807, 2.05) is 12.4 Å². The standard InChI is InChI=1S/C20H25N5O2/c1-2-27-20(26)6-5-17-12-23-19(13-22-17)24-18-4-3-11-25(15-18)14-16-7-9-21-10-8-16/h5-10,12-13,18H,2-4,11,14-15H2,1H3,(H,23,24)/t18-/m1/s1. The van der Waals surface area contributed by atoms with Gasteiger partial charge in [-0.2, -0.15) is 0 Å². The summed E-state index contributed by atoms with van der Waals surface area (Å²) in [5.41, 5.74) is 1.90. The van der Waals surface area contributed by atoms with Crippen molar-refractivity contribution in [3.05, 3.63) is 54.3 Å². The van der Waals surface area contributed by atoms with Crippen molar-refractivity contribution < 1.29 is 9.53 Å². The van der Waals surface area contributed by atoms with Crippen molar-refractivity contribution in [3.63, 3.8) is 0 Å². The molecule has 1 aliphatic rings. The molecule has 0 amide bonds. The molecule has 1 aliphatic heterocycles. The number of pyridine rings is 1. The molecule has 2 aromatic heterocycles. The summed E-state index contributed by atoms with van der Waals surface area (Å²) in [6, 6.07) is 4.46. The van der Waals surface area contributed by atoms with E-state index in [2.05, 4.69) is 37.3 Å². The number of hydrogen-bond acceptors (Lipinski definition) is 7. The van der Waals surface area contributed by atoms with E-state index in [1.54, 1.807) is 25.4 Å². The number of esters is 1. The monoisotopic (exact) mass is 367 g/mol. The Hall–Kier alpha value is -2.80. The molecule has 0 spiro atoms. The summed E-state index contributed by atoms with van der Waals surface area (Å²) in [7, 11) is 0. The van der Waals surface area contributed by atoms with Crippen LogP contribution in [0, 0.1) is 0 Å². The van der Waals surface area contributed by atoms with E-state index in [4.69, 9.17) is 4.74 Å². The van der Waals surface area contributed by atoms with Crippen molar-refractivity contribution >= 4 is 17.9 Å². The summed E-state index contributed by atoms with van der Waals surface area (Å²) in [5, 5.41) is 3.47. The first-order chi connectivity index (χ1) is 13.2. The second kappa shape index (κ2) is 9.78. The zero-order valence-electron chi connectivity index (χ0n) is 15.5. The SMILES string of the molecule is CCOC(=O)C=Cc1cnc(N[C@@H]2CCCN(Cc3ccncc3)C2)cn1. The average Bonchev–Trinajstić information content (AvgIpc) is 2.69. The molecular formula is C20H25N5O2. The maximum Gasteiger partial charge on any atom is 0.330 e. The zero-order valence-corrected chi connectivity index (χ0v) is 15.5. The van der Waals surface area contributed by atoms with E-state index in [0.717, 1.165) is 38.3 Å². The summed E-state index contributed by atoms with van der Waals surface area (Å²) < 4.78 is 4.85. The maximum absolute atomic E-state index is 11.3. The van der Waals surface area contributed by atoms with Gasteiger partial charge in [0.25, 0.3) is 0 Å². The first-order valence-electron chi connectivity index (χ1n) is 9.27.